The van der Waals surface area contributed by atoms with Crippen molar-refractivity contribution in [3.05, 3.63) is 35.0 Å². The molecular formula is C16H20ClN3O2. The molecular weight excluding hydrogens is 302 g/mol. The summed E-state index contributed by atoms with van der Waals surface area (Å²) in [6.07, 6.45) is 3.52. The number of nitrogens with zero attached hydrogens (tertiary/aromatic N) is 1. The van der Waals surface area contributed by atoms with Crippen LogP contribution in [0, 0.1) is 0 Å². The van der Waals surface area contributed by atoms with Crippen molar-refractivity contribution in [2.45, 2.75) is 26.7 Å². The maximum Gasteiger partial charge on any atom is 0.255 e. The molecule has 1 aromatic heterocycles. The van der Waals surface area contributed by atoms with E-state index >= 15 is 0 Å². The van der Waals surface area contributed by atoms with Gasteiger partial charge in [-0.15, -0.1) is 0 Å². The summed E-state index contributed by atoms with van der Waals surface area (Å²) in [6, 6.07) is 5.41. The number of aromatic nitrogens is 2. The maximum absolute atomic E-state index is 12.2. The summed E-state index contributed by atoms with van der Waals surface area (Å²) in [7, 11) is 0. The molecule has 1 aromatic carbocycles. The smallest absolute Gasteiger partial charge is 0.255 e. The van der Waals surface area contributed by atoms with E-state index in [2.05, 4.69) is 22.4 Å². The lowest BCUT2D eigenvalue weighted by Gasteiger charge is -2.08. The van der Waals surface area contributed by atoms with Crippen LogP contribution in [-0.4, -0.2) is 29.3 Å². The molecule has 0 unspecified atom stereocenters. The molecule has 1 amide bonds. The van der Waals surface area contributed by atoms with Gasteiger partial charge in [0.15, 0.2) is 0 Å². The Kier molecular flexibility index (Phi) is 5.83. The van der Waals surface area contributed by atoms with Crippen LogP contribution in [0.1, 0.15) is 37.0 Å². The highest BCUT2D eigenvalue weighted by Crippen LogP contribution is 2.30. The highest BCUT2D eigenvalue weighted by Gasteiger charge is 2.16. The van der Waals surface area contributed by atoms with Crippen LogP contribution in [0.25, 0.3) is 11.3 Å². The fourth-order valence-electron chi connectivity index (χ4n) is 2.08. The molecule has 0 bridgehead atoms. The Morgan fingerprint density at radius 3 is 2.91 bits per heavy atom. The van der Waals surface area contributed by atoms with E-state index in [0.717, 1.165) is 18.4 Å². The third-order valence-electron chi connectivity index (χ3n) is 3.22. The quantitative estimate of drug-likeness (QED) is 0.765. The normalized spacial score (nSPS) is 10.5. The molecule has 0 atom stereocenters. The summed E-state index contributed by atoms with van der Waals surface area (Å²) < 4.78 is 5.42. The number of rotatable bonds is 7. The lowest BCUT2D eigenvalue weighted by Crippen LogP contribution is -2.24. The fourth-order valence-corrected chi connectivity index (χ4v) is 2.32. The Morgan fingerprint density at radius 2 is 2.23 bits per heavy atom. The number of nitrogens with one attached hydrogen (secondary N) is 2. The number of hydrogen-bond donors (Lipinski definition) is 2. The largest absolute Gasteiger partial charge is 0.492 e. The van der Waals surface area contributed by atoms with Gasteiger partial charge in [-0.1, -0.05) is 24.9 Å². The van der Waals surface area contributed by atoms with Gasteiger partial charge in [-0.25, -0.2) is 0 Å². The van der Waals surface area contributed by atoms with Gasteiger partial charge in [-0.3, -0.25) is 9.89 Å². The molecule has 2 rings (SSSR count). The average molecular weight is 322 g/mol. The monoisotopic (exact) mass is 321 g/mol. The maximum atomic E-state index is 12.2. The molecule has 22 heavy (non-hydrogen) atoms. The van der Waals surface area contributed by atoms with Gasteiger partial charge >= 0.3 is 0 Å². The summed E-state index contributed by atoms with van der Waals surface area (Å²) in [4.78, 5) is 12.2. The Labute approximate surface area is 135 Å². The summed E-state index contributed by atoms with van der Waals surface area (Å²) in [5, 5.41) is 10.2. The van der Waals surface area contributed by atoms with Crippen LogP contribution < -0.4 is 10.1 Å². The average Bonchev–Trinajstić information content (AvgIpc) is 2.99. The molecule has 6 heteroatoms. The van der Waals surface area contributed by atoms with Crippen molar-refractivity contribution in [3.63, 3.8) is 0 Å². The second-order valence-corrected chi connectivity index (χ2v) is 5.25. The number of H-pyrrole nitrogens is 1. The van der Waals surface area contributed by atoms with E-state index in [1.807, 2.05) is 13.0 Å². The van der Waals surface area contributed by atoms with Gasteiger partial charge in [0.1, 0.15) is 5.75 Å². The van der Waals surface area contributed by atoms with Gasteiger partial charge in [0, 0.05) is 12.1 Å². The molecule has 0 aliphatic heterocycles. The number of carbonyl (C=O) groups excluding carboxylic acids is 1. The van der Waals surface area contributed by atoms with E-state index in [1.54, 1.807) is 12.1 Å². The zero-order chi connectivity index (χ0) is 15.9. The number of carbonyl (C=O) groups is 1. The lowest BCUT2D eigenvalue weighted by atomic mass is 10.1. The summed E-state index contributed by atoms with van der Waals surface area (Å²) in [5.74, 6) is 0.489. The first-order chi connectivity index (χ1) is 10.7. The van der Waals surface area contributed by atoms with Crippen molar-refractivity contribution in [1.29, 1.82) is 0 Å². The summed E-state index contributed by atoms with van der Waals surface area (Å²) >= 11 is 6.20. The first-order valence-electron chi connectivity index (χ1n) is 7.41. The first kappa shape index (κ1) is 16.4. The van der Waals surface area contributed by atoms with Crippen LogP contribution in [0.2, 0.25) is 5.02 Å². The number of ether oxygens (including phenoxy) is 1. The molecule has 2 N–H and O–H groups in total. The molecule has 2 aromatic rings. The van der Waals surface area contributed by atoms with Gasteiger partial charge < -0.3 is 10.1 Å². The molecule has 0 radical (unpaired) electrons. The molecule has 0 aliphatic carbocycles. The number of benzene rings is 1. The Balaban J connectivity index is 2.21. The van der Waals surface area contributed by atoms with E-state index in [9.17, 15) is 4.79 Å². The van der Waals surface area contributed by atoms with Crippen LogP contribution in [0.5, 0.6) is 5.75 Å². The molecule has 0 saturated heterocycles. The van der Waals surface area contributed by atoms with Crippen molar-refractivity contribution in [1.82, 2.24) is 15.5 Å². The van der Waals surface area contributed by atoms with E-state index in [-0.39, 0.29) is 5.91 Å². The lowest BCUT2D eigenvalue weighted by molar-refractivity contribution is 0.0954. The fraction of sp³-hybridized carbons (Fsp3) is 0.375. The van der Waals surface area contributed by atoms with Crippen molar-refractivity contribution in [3.8, 4) is 17.0 Å². The van der Waals surface area contributed by atoms with Gasteiger partial charge in [0.05, 0.1) is 29.1 Å². The van der Waals surface area contributed by atoms with E-state index in [0.29, 0.717) is 35.2 Å². The zero-order valence-electron chi connectivity index (χ0n) is 12.8. The Morgan fingerprint density at radius 1 is 1.41 bits per heavy atom. The predicted molar refractivity (Wildman–Crippen MR) is 87.4 cm³/mol. The van der Waals surface area contributed by atoms with Crippen LogP contribution in [0.3, 0.4) is 0 Å². The number of unbranched alkanes of at least 4 members (excludes halogenated alkanes) is 1. The van der Waals surface area contributed by atoms with Crippen molar-refractivity contribution in [2.24, 2.45) is 0 Å². The molecule has 0 spiro atoms. The highest BCUT2D eigenvalue weighted by molar-refractivity contribution is 6.32. The molecule has 118 valence electrons. The standard InChI is InChI=1S/C16H20ClN3O2/c1-3-5-8-18-16(21)12-10-19-20-15(12)11-6-7-14(22-4-2)13(17)9-11/h6-7,9-10H,3-5,8H2,1-2H3,(H,18,21)(H,19,20). The Hall–Kier alpha value is -2.01. The number of halogens is 1. The highest BCUT2D eigenvalue weighted by atomic mass is 35.5. The van der Waals surface area contributed by atoms with Gasteiger partial charge in [0.2, 0.25) is 0 Å². The second kappa shape index (κ2) is 7.84. The molecule has 5 nitrogen and oxygen atoms in total. The van der Waals surface area contributed by atoms with E-state index in [4.69, 9.17) is 16.3 Å². The van der Waals surface area contributed by atoms with Crippen LogP contribution in [-0.2, 0) is 0 Å². The van der Waals surface area contributed by atoms with Gasteiger partial charge in [-0.05, 0) is 31.5 Å². The third-order valence-corrected chi connectivity index (χ3v) is 3.52. The third kappa shape index (κ3) is 3.80. The first-order valence-corrected chi connectivity index (χ1v) is 7.79. The molecule has 1 heterocycles. The summed E-state index contributed by atoms with van der Waals surface area (Å²) in [6.45, 7) is 5.19. The number of hydrogen-bond acceptors (Lipinski definition) is 3. The number of amides is 1. The predicted octanol–water partition coefficient (Wildman–Crippen LogP) is 3.66. The zero-order valence-corrected chi connectivity index (χ0v) is 13.5. The second-order valence-electron chi connectivity index (χ2n) is 4.85. The minimum absolute atomic E-state index is 0.137. The summed E-state index contributed by atoms with van der Waals surface area (Å²) in [5.41, 5.74) is 1.96. The minimum Gasteiger partial charge on any atom is -0.492 e. The molecule has 0 saturated carbocycles. The van der Waals surface area contributed by atoms with Crippen LogP contribution >= 0.6 is 11.6 Å². The number of aromatic amines is 1. The van der Waals surface area contributed by atoms with Crippen molar-refractivity contribution >= 4 is 17.5 Å². The van der Waals surface area contributed by atoms with E-state index in [1.165, 1.54) is 6.20 Å². The molecule has 0 fully saturated rings. The minimum atomic E-state index is -0.137. The molecule has 0 aliphatic rings. The SMILES string of the molecule is CCCCNC(=O)c1cn[nH]c1-c1ccc(OCC)c(Cl)c1. The van der Waals surface area contributed by atoms with E-state index < -0.39 is 0 Å². The van der Waals surface area contributed by atoms with Crippen molar-refractivity contribution < 1.29 is 9.53 Å². The van der Waals surface area contributed by atoms with Crippen LogP contribution in [0.4, 0.5) is 0 Å². The van der Waals surface area contributed by atoms with Gasteiger partial charge in [-0.2, -0.15) is 5.10 Å². The Bertz CT molecular complexity index is 640. The topological polar surface area (TPSA) is 67.0 Å². The van der Waals surface area contributed by atoms with Crippen molar-refractivity contribution in [2.75, 3.05) is 13.2 Å². The van der Waals surface area contributed by atoms with Gasteiger partial charge in [0.25, 0.3) is 5.91 Å². The van der Waals surface area contributed by atoms with Crippen LogP contribution in [0.15, 0.2) is 24.4 Å².